The highest BCUT2D eigenvalue weighted by atomic mass is 19.2. The maximum atomic E-state index is 13.3. The molecule has 0 spiro atoms. The minimum Gasteiger partial charge on any atom is -0.503 e. The van der Waals surface area contributed by atoms with Crippen LogP contribution < -0.4 is 10.7 Å². The van der Waals surface area contributed by atoms with Gasteiger partial charge in [0.25, 0.3) is 11.8 Å². The minimum atomic E-state index is -1.04. The highest BCUT2D eigenvalue weighted by molar-refractivity contribution is 5.99. The molecule has 1 aromatic carbocycles. The van der Waals surface area contributed by atoms with Gasteiger partial charge in [0, 0.05) is 25.3 Å². The van der Waals surface area contributed by atoms with Gasteiger partial charge >= 0.3 is 0 Å². The van der Waals surface area contributed by atoms with Gasteiger partial charge in [0.05, 0.1) is 6.04 Å². The number of piperidine rings is 1. The van der Waals surface area contributed by atoms with E-state index in [9.17, 15) is 28.3 Å². The van der Waals surface area contributed by atoms with Gasteiger partial charge in [-0.2, -0.15) is 0 Å². The lowest BCUT2D eigenvalue weighted by Crippen LogP contribution is -2.55. The molecule has 2 aliphatic heterocycles. The highest BCUT2D eigenvalue weighted by Gasteiger charge is 2.40. The average molecular weight is 431 g/mol. The summed E-state index contributed by atoms with van der Waals surface area (Å²) in [6.07, 6.45) is 4.76. The number of rotatable bonds is 4. The third kappa shape index (κ3) is 3.68. The molecule has 2 N–H and O–H groups in total. The summed E-state index contributed by atoms with van der Waals surface area (Å²) in [5.41, 5.74) is -1.04. The molecule has 2 amide bonds. The number of carbonyl (C=O) groups is 2. The van der Waals surface area contributed by atoms with Crippen molar-refractivity contribution in [1.82, 2.24) is 14.8 Å². The van der Waals surface area contributed by atoms with Crippen molar-refractivity contribution in [2.75, 3.05) is 0 Å². The number of pyridine rings is 1. The van der Waals surface area contributed by atoms with Crippen LogP contribution in [0.2, 0.25) is 0 Å². The van der Waals surface area contributed by atoms with Gasteiger partial charge in [-0.25, -0.2) is 8.78 Å². The Kier molecular flexibility index (Phi) is 5.51. The fourth-order valence-electron chi connectivity index (χ4n) is 4.53. The quantitative estimate of drug-likeness (QED) is 0.778. The Hall–Kier alpha value is -3.23. The Balaban J connectivity index is 1.62. The molecule has 0 bridgehead atoms. The minimum absolute atomic E-state index is 0.0568. The molecule has 0 radical (unpaired) electrons. The van der Waals surface area contributed by atoms with Crippen LogP contribution in [0.25, 0.3) is 0 Å². The van der Waals surface area contributed by atoms with Crippen LogP contribution in [0.4, 0.5) is 8.78 Å². The molecule has 0 unspecified atom stereocenters. The van der Waals surface area contributed by atoms with Gasteiger partial charge < -0.3 is 19.9 Å². The molecule has 1 saturated heterocycles. The molecule has 3 heterocycles. The molecule has 1 fully saturated rings. The molecule has 7 nitrogen and oxygen atoms in total. The van der Waals surface area contributed by atoms with E-state index in [0.29, 0.717) is 12.1 Å². The van der Waals surface area contributed by atoms with E-state index in [-0.39, 0.29) is 29.9 Å². The number of aromatic nitrogens is 1. The first-order chi connectivity index (χ1) is 14.8. The Morgan fingerprint density at radius 3 is 2.71 bits per heavy atom. The second kappa shape index (κ2) is 8.13. The third-order valence-corrected chi connectivity index (χ3v) is 6.12. The Labute approximate surface area is 177 Å². The molecule has 2 aromatic rings. The Morgan fingerprint density at radius 1 is 1.23 bits per heavy atom. The standard InChI is InChI=1S/C22H23F2N3O4/c1-2-13-4-3-5-14-10-26-11-15(19(28)20(29)18(26)22(31)27(13)14)21(30)25-9-12-6-7-16(23)17(24)8-12/h6-8,11,13-14,29H,2-5,9-10H2,1H3,(H,25,30)/t13-,14-/m1/s1. The fraction of sp³-hybridized carbons (Fsp3) is 0.409. The number of carbonyl (C=O) groups excluding carboxylic acids is 2. The van der Waals surface area contributed by atoms with E-state index in [1.165, 1.54) is 16.8 Å². The number of benzene rings is 1. The number of fused-ring (bicyclic) bond motifs is 2. The average Bonchev–Trinajstić information content (AvgIpc) is 2.76. The lowest BCUT2D eigenvalue weighted by molar-refractivity contribution is 0.0313. The Bertz CT molecular complexity index is 1110. The van der Waals surface area contributed by atoms with Crippen molar-refractivity contribution in [3.8, 4) is 5.75 Å². The number of hydrogen-bond acceptors (Lipinski definition) is 4. The van der Waals surface area contributed by atoms with Crippen LogP contribution in [-0.4, -0.2) is 38.5 Å². The molecule has 31 heavy (non-hydrogen) atoms. The topological polar surface area (TPSA) is 91.6 Å². The van der Waals surface area contributed by atoms with E-state index in [1.807, 2.05) is 6.92 Å². The zero-order valence-corrected chi connectivity index (χ0v) is 17.0. The molecule has 164 valence electrons. The van der Waals surface area contributed by atoms with E-state index >= 15 is 0 Å². The fourth-order valence-corrected chi connectivity index (χ4v) is 4.53. The zero-order valence-electron chi connectivity index (χ0n) is 17.0. The van der Waals surface area contributed by atoms with Gasteiger partial charge in [-0.3, -0.25) is 14.4 Å². The summed E-state index contributed by atoms with van der Waals surface area (Å²) in [6.45, 7) is 2.25. The summed E-state index contributed by atoms with van der Waals surface area (Å²) in [4.78, 5) is 40.1. The molecular formula is C22H23F2N3O4. The predicted molar refractivity (Wildman–Crippen MR) is 108 cm³/mol. The van der Waals surface area contributed by atoms with E-state index in [4.69, 9.17) is 0 Å². The molecule has 2 aliphatic rings. The van der Waals surface area contributed by atoms with Gasteiger partial charge in [-0.1, -0.05) is 13.0 Å². The van der Waals surface area contributed by atoms with Crippen molar-refractivity contribution in [1.29, 1.82) is 0 Å². The molecule has 2 atom stereocenters. The first-order valence-corrected chi connectivity index (χ1v) is 10.3. The largest absolute Gasteiger partial charge is 0.503 e. The van der Waals surface area contributed by atoms with Crippen molar-refractivity contribution < 1.29 is 23.5 Å². The summed E-state index contributed by atoms with van der Waals surface area (Å²) in [7, 11) is 0. The summed E-state index contributed by atoms with van der Waals surface area (Å²) in [5, 5.41) is 13.0. The van der Waals surface area contributed by atoms with E-state index in [2.05, 4.69) is 5.32 Å². The third-order valence-electron chi connectivity index (χ3n) is 6.12. The van der Waals surface area contributed by atoms with Crippen LogP contribution in [0.5, 0.6) is 5.75 Å². The molecule has 1 aromatic heterocycles. The van der Waals surface area contributed by atoms with Gasteiger partial charge in [-0.05, 0) is 43.4 Å². The van der Waals surface area contributed by atoms with Gasteiger partial charge in [-0.15, -0.1) is 0 Å². The van der Waals surface area contributed by atoms with Crippen LogP contribution in [0.15, 0.2) is 29.2 Å². The molecule has 9 heteroatoms. The van der Waals surface area contributed by atoms with Gasteiger partial charge in [0.15, 0.2) is 23.1 Å². The number of nitrogens with zero attached hydrogens (tertiary/aromatic N) is 2. The first kappa shape index (κ1) is 21.0. The lowest BCUT2D eigenvalue weighted by atomic mass is 9.91. The zero-order chi connectivity index (χ0) is 22.3. The summed E-state index contributed by atoms with van der Waals surface area (Å²) < 4.78 is 27.9. The van der Waals surface area contributed by atoms with Crippen LogP contribution in [0.1, 0.15) is 59.0 Å². The SMILES string of the molecule is CC[C@@H]1CCC[C@@H]2Cn3cc(C(=O)NCc4ccc(F)c(F)c4)c(=O)c(O)c3C(=O)N12. The molecule has 0 saturated carbocycles. The number of halogens is 2. The van der Waals surface area contributed by atoms with Crippen LogP contribution >= 0.6 is 0 Å². The molecule has 0 aliphatic carbocycles. The molecule has 4 rings (SSSR count). The molecular weight excluding hydrogens is 408 g/mol. The normalized spacial score (nSPS) is 20.2. The van der Waals surface area contributed by atoms with E-state index < -0.39 is 34.6 Å². The maximum absolute atomic E-state index is 13.3. The highest BCUT2D eigenvalue weighted by Crippen LogP contribution is 2.33. The summed E-state index contributed by atoms with van der Waals surface area (Å²) in [5.74, 6) is -3.96. The van der Waals surface area contributed by atoms with Crippen LogP contribution in [0.3, 0.4) is 0 Å². The van der Waals surface area contributed by atoms with Gasteiger partial charge in [0.1, 0.15) is 5.56 Å². The van der Waals surface area contributed by atoms with Crippen molar-refractivity contribution in [2.24, 2.45) is 0 Å². The lowest BCUT2D eigenvalue weighted by Gasteiger charge is -2.45. The monoisotopic (exact) mass is 431 g/mol. The van der Waals surface area contributed by atoms with Crippen molar-refractivity contribution >= 4 is 11.8 Å². The summed E-state index contributed by atoms with van der Waals surface area (Å²) in [6, 6.07) is 3.22. The van der Waals surface area contributed by atoms with Crippen LogP contribution in [-0.2, 0) is 13.1 Å². The second-order valence-electron chi connectivity index (χ2n) is 8.01. The second-order valence-corrected chi connectivity index (χ2v) is 8.01. The van der Waals surface area contributed by atoms with Crippen molar-refractivity contribution in [3.63, 3.8) is 0 Å². The number of nitrogens with one attached hydrogen (secondary N) is 1. The van der Waals surface area contributed by atoms with E-state index in [1.54, 1.807) is 4.90 Å². The number of aromatic hydroxyl groups is 1. The predicted octanol–water partition coefficient (Wildman–Crippen LogP) is 2.55. The smallest absolute Gasteiger partial charge is 0.275 e. The van der Waals surface area contributed by atoms with Crippen molar-refractivity contribution in [3.05, 3.63) is 63.1 Å². The maximum Gasteiger partial charge on any atom is 0.275 e. The number of amides is 2. The Morgan fingerprint density at radius 2 is 2.00 bits per heavy atom. The first-order valence-electron chi connectivity index (χ1n) is 10.3. The number of hydrogen-bond donors (Lipinski definition) is 2. The summed E-state index contributed by atoms with van der Waals surface area (Å²) >= 11 is 0. The van der Waals surface area contributed by atoms with Crippen LogP contribution in [0, 0.1) is 11.6 Å². The van der Waals surface area contributed by atoms with Gasteiger partial charge in [0.2, 0.25) is 5.43 Å². The van der Waals surface area contributed by atoms with E-state index in [0.717, 1.165) is 37.8 Å². The van der Waals surface area contributed by atoms with Crippen molar-refractivity contribution in [2.45, 2.75) is 57.8 Å².